The first kappa shape index (κ1) is 37.8. The first-order valence-corrected chi connectivity index (χ1v) is 17.5. The third-order valence-electron chi connectivity index (χ3n) is 9.58. The smallest absolute Gasteiger partial charge is 0.422 e. The lowest BCUT2D eigenvalue weighted by molar-refractivity contribution is -0.384. The van der Waals surface area contributed by atoms with E-state index in [-0.39, 0.29) is 53.5 Å². The van der Waals surface area contributed by atoms with Crippen molar-refractivity contribution < 1.29 is 47.3 Å². The van der Waals surface area contributed by atoms with E-state index in [4.69, 9.17) is 14.2 Å². The minimum Gasteiger partial charge on any atom is -0.493 e. The summed E-state index contributed by atoms with van der Waals surface area (Å²) in [5.74, 6) is -0.230. The number of thioether (sulfide) groups is 1. The average molecular weight is 732 g/mol. The van der Waals surface area contributed by atoms with Crippen LogP contribution in [-0.2, 0) is 21.7 Å². The maximum Gasteiger partial charge on any atom is 0.422 e. The van der Waals surface area contributed by atoms with Crippen molar-refractivity contribution in [1.29, 1.82) is 0 Å². The van der Waals surface area contributed by atoms with E-state index >= 15 is 0 Å². The number of non-ortho nitro benzene ring substituents is 1. The summed E-state index contributed by atoms with van der Waals surface area (Å²) in [5, 5.41) is 33.3. The van der Waals surface area contributed by atoms with Gasteiger partial charge in [0.2, 0.25) is 11.4 Å². The number of piperidine rings is 1. The zero-order valence-corrected chi connectivity index (χ0v) is 29.4. The first-order valence-electron chi connectivity index (χ1n) is 16.3. The SMILES string of the molecule is CCC(SC)(C(=O)O)c1cc(OC)c(OC2CCN(CC(O)(c3cn(Cc4ccccc4)c4cc([N+](=O)[O-])ccc34)C(F)(F)F)CC2)c(OC)c1. The molecule has 1 fully saturated rings. The van der Waals surface area contributed by atoms with Crippen LogP contribution in [0.3, 0.4) is 0 Å². The van der Waals surface area contributed by atoms with Gasteiger partial charge >= 0.3 is 12.1 Å². The van der Waals surface area contributed by atoms with Crippen molar-refractivity contribution >= 4 is 34.3 Å². The third-order valence-corrected chi connectivity index (χ3v) is 11.0. The van der Waals surface area contributed by atoms with Gasteiger partial charge in [-0.05, 0) is 54.8 Å². The molecule has 15 heteroatoms. The van der Waals surface area contributed by atoms with E-state index in [9.17, 15) is 38.3 Å². The fraction of sp³-hybridized carbons (Fsp3) is 0.417. The molecule has 1 aliphatic rings. The van der Waals surface area contributed by atoms with E-state index in [0.717, 1.165) is 11.6 Å². The number of alkyl halides is 3. The van der Waals surface area contributed by atoms with Gasteiger partial charge in [-0.25, -0.2) is 0 Å². The minimum atomic E-state index is -5.09. The topological polar surface area (TPSA) is 137 Å². The predicted octanol–water partition coefficient (Wildman–Crippen LogP) is 6.96. The highest BCUT2D eigenvalue weighted by Crippen LogP contribution is 2.48. The maximum absolute atomic E-state index is 15.0. The van der Waals surface area contributed by atoms with Crippen LogP contribution in [0.5, 0.6) is 17.2 Å². The lowest BCUT2D eigenvalue weighted by Gasteiger charge is -2.39. The van der Waals surface area contributed by atoms with Gasteiger partial charge < -0.3 is 29.0 Å². The molecular weight excluding hydrogens is 691 g/mol. The number of fused-ring (bicyclic) bond motifs is 1. The number of β-amino-alcohol motifs (C(OH)–C–C–N with tert-alkyl or cyclic N) is 1. The lowest BCUT2D eigenvalue weighted by atomic mass is 9.91. The number of carbonyl (C=O) groups is 1. The zero-order valence-electron chi connectivity index (χ0n) is 28.6. The number of benzene rings is 3. The number of rotatable bonds is 14. The largest absolute Gasteiger partial charge is 0.493 e. The fourth-order valence-electron chi connectivity index (χ4n) is 6.69. The summed E-state index contributed by atoms with van der Waals surface area (Å²) in [6, 6.07) is 15.8. The van der Waals surface area contributed by atoms with Gasteiger partial charge in [0.25, 0.3) is 5.69 Å². The number of nitrogens with zero attached hydrogens (tertiary/aromatic N) is 3. The van der Waals surface area contributed by atoms with Crippen molar-refractivity contribution in [1.82, 2.24) is 9.47 Å². The number of hydrogen-bond acceptors (Lipinski definition) is 9. The van der Waals surface area contributed by atoms with Crippen molar-refractivity contribution in [2.24, 2.45) is 0 Å². The van der Waals surface area contributed by atoms with Crippen LogP contribution in [0.25, 0.3) is 10.9 Å². The highest BCUT2D eigenvalue weighted by molar-refractivity contribution is 8.00. The van der Waals surface area contributed by atoms with E-state index in [1.54, 1.807) is 55.6 Å². The van der Waals surface area contributed by atoms with Crippen molar-refractivity contribution in [2.75, 3.05) is 40.1 Å². The van der Waals surface area contributed by atoms with Crippen molar-refractivity contribution in [3.05, 3.63) is 93.7 Å². The Morgan fingerprint density at radius 2 is 1.67 bits per heavy atom. The van der Waals surface area contributed by atoms with E-state index in [1.807, 2.05) is 0 Å². The number of halogens is 3. The second-order valence-electron chi connectivity index (χ2n) is 12.5. The van der Waals surface area contributed by atoms with Gasteiger partial charge in [0, 0.05) is 55.5 Å². The number of nitro groups is 1. The number of carboxylic acids is 1. The molecule has 0 amide bonds. The van der Waals surface area contributed by atoms with Gasteiger partial charge in [0.05, 0.1) is 24.7 Å². The maximum atomic E-state index is 15.0. The Kier molecular flexibility index (Phi) is 11.1. The van der Waals surface area contributed by atoms with Gasteiger partial charge in [0.15, 0.2) is 11.5 Å². The number of nitro benzene ring substituents is 1. The normalized spacial score (nSPS) is 16.7. The molecule has 0 aliphatic carbocycles. The summed E-state index contributed by atoms with van der Waals surface area (Å²) in [6.07, 6.45) is -1.67. The van der Waals surface area contributed by atoms with Crippen LogP contribution in [-0.4, -0.2) is 83.0 Å². The molecule has 274 valence electrons. The number of aliphatic carboxylic acids is 1. The molecule has 0 saturated carbocycles. The Hall–Kier alpha value is -4.47. The molecule has 5 rings (SSSR count). The summed E-state index contributed by atoms with van der Waals surface area (Å²) in [6.45, 7) is 1.45. The Morgan fingerprint density at radius 1 is 1.04 bits per heavy atom. The van der Waals surface area contributed by atoms with E-state index in [0.29, 0.717) is 24.8 Å². The molecule has 2 atom stereocenters. The Bertz CT molecular complexity index is 1850. The molecule has 2 N–H and O–H groups in total. The number of aliphatic hydroxyl groups is 1. The number of methoxy groups -OCH3 is 2. The molecule has 51 heavy (non-hydrogen) atoms. The van der Waals surface area contributed by atoms with Gasteiger partial charge in [-0.3, -0.25) is 19.8 Å². The number of carboxylic acid groups (broad SMARTS) is 1. The zero-order chi connectivity index (χ0) is 37.1. The van der Waals surface area contributed by atoms with Gasteiger partial charge in [-0.2, -0.15) is 13.2 Å². The summed E-state index contributed by atoms with van der Waals surface area (Å²) in [4.78, 5) is 24.8. The summed E-state index contributed by atoms with van der Waals surface area (Å²) in [5.41, 5.74) is -2.54. The minimum absolute atomic E-state index is 0.0636. The van der Waals surface area contributed by atoms with Crippen LogP contribution in [0.1, 0.15) is 42.9 Å². The van der Waals surface area contributed by atoms with Crippen LogP contribution >= 0.6 is 11.8 Å². The number of hydrogen-bond donors (Lipinski definition) is 2. The van der Waals surface area contributed by atoms with Gasteiger partial charge in [0.1, 0.15) is 10.9 Å². The molecule has 11 nitrogen and oxygen atoms in total. The molecule has 0 bridgehead atoms. The second-order valence-corrected chi connectivity index (χ2v) is 13.6. The predicted molar refractivity (Wildman–Crippen MR) is 187 cm³/mol. The molecule has 2 unspecified atom stereocenters. The van der Waals surface area contributed by atoms with E-state index < -0.39 is 45.6 Å². The standard InChI is InChI=1S/C36H40F3N3O8S/c1-5-34(51-4,33(43)44)24-17-30(48-2)32(31(18-24)49-3)50-26-13-15-40(16-14-26)22-35(45,36(37,38)39)28-21-41(20-23-9-7-6-8-10-23)29-19-25(42(46)47)11-12-27(28)29/h6-12,17-19,21,26,45H,5,13-16,20,22H2,1-4H3,(H,43,44). The highest BCUT2D eigenvalue weighted by Gasteiger charge is 2.57. The Labute approximate surface area is 297 Å². The van der Waals surface area contributed by atoms with Crippen LogP contribution in [0.4, 0.5) is 18.9 Å². The van der Waals surface area contributed by atoms with Crippen molar-refractivity contribution in [3.8, 4) is 17.2 Å². The average Bonchev–Trinajstić information content (AvgIpc) is 3.47. The van der Waals surface area contributed by atoms with E-state index in [1.165, 1.54) is 53.8 Å². The number of ether oxygens (including phenoxy) is 3. The number of likely N-dealkylation sites (tertiary alicyclic amines) is 1. The molecule has 3 aromatic carbocycles. The lowest BCUT2D eigenvalue weighted by Crippen LogP contribution is -2.53. The van der Waals surface area contributed by atoms with Gasteiger partial charge in [-0.1, -0.05) is 37.3 Å². The van der Waals surface area contributed by atoms with Crippen molar-refractivity contribution in [3.63, 3.8) is 0 Å². The van der Waals surface area contributed by atoms with E-state index in [2.05, 4.69) is 0 Å². The van der Waals surface area contributed by atoms with Gasteiger partial charge in [-0.15, -0.1) is 11.8 Å². The van der Waals surface area contributed by atoms with Crippen LogP contribution in [0.2, 0.25) is 0 Å². The highest BCUT2D eigenvalue weighted by atomic mass is 32.2. The molecule has 0 spiro atoms. The van der Waals surface area contributed by atoms with Crippen LogP contribution in [0.15, 0.2) is 66.9 Å². The Balaban J connectivity index is 1.40. The Morgan fingerprint density at radius 3 is 2.18 bits per heavy atom. The number of aromatic nitrogens is 1. The van der Waals surface area contributed by atoms with Crippen LogP contribution in [0, 0.1) is 10.1 Å². The molecule has 1 aliphatic heterocycles. The third kappa shape index (κ3) is 7.32. The summed E-state index contributed by atoms with van der Waals surface area (Å²) < 4.78 is 62.7. The van der Waals surface area contributed by atoms with Crippen LogP contribution < -0.4 is 14.2 Å². The molecule has 0 radical (unpaired) electrons. The second kappa shape index (κ2) is 15.0. The molecule has 1 aromatic heterocycles. The summed E-state index contributed by atoms with van der Waals surface area (Å²) in [7, 11) is 2.85. The monoisotopic (exact) mass is 731 g/mol. The molecular formula is C36H40F3N3O8S. The molecule has 4 aromatic rings. The first-order chi connectivity index (χ1) is 24.2. The summed E-state index contributed by atoms with van der Waals surface area (Å²) >= 11 is 1.18. The fourth-order valence-corrected chi connectivity index (χ4v) is 7.51. The molecule has 2 heterocycles. The quantitative estimate of drug-likeness (QED) is 0.103. The molecule has 1 saturated heterocycles. The van der Waals surface area contributed by atoms with Crippen molar-refractivity contribution in [2.45, 2.75) is 55.4 Å².